The van der Waals surface area contributed by atoms with E-state index in [0.29, 0.717) is 19.3 Å². The van der Waals surface area contributed by atoms with Crippen molar-refractivity contribution in [2.75, 3.05) is 7.11 Å². The lowest BCUT2D eigenvalue weighted by molar-refractivity contribution is -0.191. The maximum Gasteiger partial charge on any atom is 0.319 e. The third-order valence-electron chi connectivity index (χ3n) is 7.17. The molecule has 0 aliphatic heterocycles. The minimum absolute atomic E-state index is 0.0546. The van der Waals surface area contributed by atoms with Gasteiger partial charge in [-0.1, -0.05) is 13.3 Å². The maximum atomic E-state index is 13.1. The van der Waals surface area contributed by atoms with Crippen molar-refractivity contribution < 1.29 is 23.9 Å². The molecular weight excluding hydrogens is 308 g/mol. The van der Waals surface area contributed by atoms with E-state index in [0.717, 1.165) is 32.0 Å². The summed E-state index contributed by atoms with van der Waals surface area (Å²) in [6.07, 6.45) is 5.58. The van der Waals surface area contributed by atoms with E-state index in [4.69, 9.17) is 4.74 Å². The lowest BCUT2D eigenvalue weighted by atomic mass is 9.41. The number of Topliss-reactive ketones (excluding diaryl/α,β-unsaturated/α-hetero) is 2. The van der Waals surface area contributed by atoms with Crippen LogP contribution in [-0.4, -0.2) is 30.9 Å². The molecule has 0 aromatic heterocycles. The van der Waals surface area contributed by atoms with Crippen molar-refractivity contribution >= 4 is 23.8 Å². The van der Waals surface area contributed by atoms with Crippen molar-refractivity contribution in [3.05, 3.63) is 0 Å². The largest absolute Gasteiger partial charge is 0.468 e. The van der Waals surface area contributed by atoms with E-state index in [1.54, 1.807) is 0 Å². The van der Waals surface area contributed by atoms with E-state index in [2.05, 4.69) is 0 Å². The molecule has 0 heterocycles. The molecule has 3 fully saturated rings. The van der Waals surface area contributed by atoms with Crippen LogP contribution in [0.3, 0.4) is 0 Å². The Hall–Kier alpha value is -1.52. The molecule has 5 nitrogen and oxygen atoms in total. The first-order valence-electron chi connectivity index (χ1n) is 9.02. The fourth-order valence-electron chi connectivity index (χ4n) is 6.00. The molecule has 0 aromatic carbocycles. The summed E-state index contributed by atoms with van der Waals surface area (Å²) in [6.45, 7) is 1.89. The second-order valence-corrected chi connectivity index (χ2v) is 7.87. The molecule has 0 amide bonds. The average Bonchev–Trinajstić information content (AvgIpc) is 2.56. The summed E-state index contributed by atoms with van der Waals surface area (Å²) in [5.41, 5.74) is -1.96. The molecule has 5 atom stereocenters. The molecule has 0 aromatic rings. The molecular formula is C19H26O5. The van der Waals surface area contributed by atoms with Crippen molar-refractivity contribution in [2.45, 2.75) is 58.3 Å². The van der Waals surface area contributed by atoms with Crippen LogP contribution in [0.4, 0.5) is 0 Å². The molecule has 3 saturated carbocycles. The number of esters is 1. The zero-order chi connectivity index (χ0) is 17.5. The quantitative estimate of drug-likeness (QED) is 0.450. The summed E-state index contributed by atoms with van der Waals surface area (Å²) < 4.78 is 5.10. The van der Waals surface area contributed by atoms with Gasteiger partial charge in [0.2, 0.25) is 0 Å². The normalized spacial score (nSPS) is 42.0. The third kappa shape index (κ3) is 2.06. The SMILES string of the molecule is COC(=O)C12C(=O)CCCC1CC(=O)C1(C)C(CC=O)CCCC12. The molecule has 0 radical (unpaired) electrons. The smallest absolute Gasteiger partial charge is 0.319 e. The van der Waals surface area contributed by atoms with Crippen LogP contribution in [0.2, 0.25) is 0 Å². The molecule has 0 spiro atoms. The van der Waals surface area contributed by atoms with E-state index >= 15 is 0 Å². The van der Waals surface area contributed by atoms with Crippen LogP contribution in [0.1, 0.15) is 58.3 Å². The average molecular weight is 334 g/mol. The highest BCUT2D eigenvalue weighted by Gasteiger charge is 2.69. The Kier molecular flexibility index (Phi) is 4.39. The van der Waals surface area contributed by atoms with E-state index in [-0.39, 0.29) is 35.7 Å². The van der Waals surface area contributed by atoms with Crippen LogP contribution in [0, 0.1) is 28.6 Å². The molecule has 3 aliphatic rings. The number of methoxy groups -OCH3 is 1. The van der Waals surface area contributed by atoms with Gasteiger partial charge in [0.1, 0.15) is 17.5 Å². The summed E-state index contributed by atoms with van der Waals surface area (Å²) in [7, 11) is 1.33. The highest BCUT2D eigenvalue weighted by Crippen LogP contribution is 2.63. The molecule has 0 N–H and O–H groups in total. The fraction of sp³-hybridized carbons (Fsp3) is 0.789. The van der Waals surface area contributed by atoms with Crippen LogP contribution in [-0.2, 0) is 23.9 Å². The molecule has 132 valence electrons. The van der Waals surface area contributed by atoms with Crippen LogP contribution in [0.15, 0.2) is 0 Å². The van der Waals surface area contributed by atoms with Gasteiger partial charge in [0.05, 0.1) is 7.11 Å². The monoisotopic (exact) mass is 334 g/mol. The zero-order valence-corrected chi connectivity index (χ0v) is 14.5. The molecule has 0 saturated heterocycles. The Labute approximate surface area is 142 Å². The number of ether oxygens (including phenoxy) is 1. The van der Waals surface area contributed by atoms with Gasteiger partial charge >= 0.3 is 5.97 Å². The summed E-state index contributed by atoms with van der Waals surface area (Å²) in [5.74, 6) is -1.06. The third-order valence-corrected chi connectivity index (χ3v) is 7.17. The summed E-state index contributed by atoms with van der Waals surface area (Å²) in [4.78, 5) is 50.1. The Morgan fingerprint density at radius 2 is 1.96 bits per heavy atom. The second-order valence-electron chi connectivity index (χ2n) is 7.87. The molecule has 24 heavy (non-hydrogen) atoms. The van der Waals surface area contributed by atoms with Crippen LogP contribution in [0.25, 0.3) is 0 Å². The van der Waals surface area contributed by atoms with Gasteiger partial charge in [0.25, 0.3) is 0 Å². The van der Waals surface area contributed by atoms with E-state index in [1.807, 2.05) is 6.92 Å². The van der Waals surface area contributed by atoms with Crippen molar-refractivity contribution in [2.24, 2.45) is 28.6 Å². The van der Waals surface area contributed by atoms with Gasteiger partial charge in [-0.15, -0.1) is 0 Å². The maximum absolute atomic E-state index is 13.1. The molecule has 3 rings (SSSR count). The van der Waals surface area contributed by atoms with E-state index in [9.17, 15) is 19.2 Å². The summed E-state index contributed by atoms with van der Waals surface area (Å²) in [5, 5.41) is 0. The molecule has 5 heteroatoms. The van der Waals surface area contributed by atoms with Crippen molar-refractivity contribution in [1.29, 1.82) is 0 Å². The van der Waals surface area contributed by atoms with Gasteiger partial charge in [-0.3, -0.25) is 14.4 Å². The highest BCUT2D eigenvalue weighted by atomic mass is 16.5. The van der Waals surface area contributed by atoms with Gasteiger partial charge in [0, 0.05) is 24.7 Å². The minimum Gasteiger partial charge on any atom is -0.468 e. The predicted octanol–water partition coefficient (Wildman–Crippen LogP) is 2.50. The van der Waals surface area contributed by atoms with Crippen LogP contribution >= 0.6 is 0 Å². The van der Waals surface area contributed by atoms with Crippen molar-refractivity contribution in [1.82, 2.24) is 0 Å². The van der Waals surface area contributed by atoms with Crippen LogP contribution < -0.4 is 0 Å². The van der Waals surface area contributed by atoms with Gasteiger partial charge in [-0.2, -0.15) is 0 Å². The number of carbonyl (C=O) groups is 4. The fourth-order valence-corrected chi connectivity index (χ4v) is 6.00. The van der Waals surface area contributed by atoms with E-state index < -0.39 is 16.8 Å². The van der Waals surface area contributed by atoms with Crippen LogP contribution in [0.5, 0.6) is 0 Å². The number of hydrogen-bond acceptors (Lipinski definition) is 5. The predicted molar refractivity (Wildman–Crippen MR) is 86.0 cm³/mol. The summed E-state index contributed by atoms with van der Waals surface area (Å²) in [6, 6.07) is 0. The van der Waals surface area contributed by atoms with Gasteiger partial charge < -0.3 is 9.53 Å². The standard InChI is InChI=1S/C19H26O5/c1-18-12(9-10-20)5-3-7-14(18)19(17(23)24-2)13(11-16(18)22)6-4-8-15(19)21/h10,12-14H,3-9,11H2,1-2H3. The number of hydrogen-bond donors (Lipinski definition) is 0. The lowest BCUT2D eigenvalue weighted by Gasteiger charge is -2.59. The first kappa shape index (κ1) is 17.3. The number of fused-ring (bicyclic) bond motifs is 3. The van der Waals surface area contributed by atoms with Gasteiger partial charge in [-0.05, 0) is 43.4 Å². The highest BCUT2D eigenvalue weighted by molar-refractivity contribution is 6.07. The zero-order valence-electron chi connectivity index (χ0n) is 14.5. The second kappa shape index (κ2) is 6.08. The number of ketones is 2. The first-order valence-corrected chi connectivity index (χ1v) is 9.02. The Bertz CT molecular complexity index is 572. The Morgan fingerprint density at radius 1 is 1.21 bits per heavy atom. The number of aldehydes is 1. The minimum atomic E-state index is -1.18. The number of carbonyl (C=O) groups excluding carboxylic acids is 4. The van der Waals surface area contributed by atoms with Crippen molar-refractivity contribution in [3.8, 4) is 0 Å². The molecule has 5 unspecified atom stereocenters. The first-order chi connectivity index (χ1) is 11.4. The van der Waals surface area contributed by atoms with Crippen molar-refractivity contribution in [3.63, 3.8) is 0 Å². The lowest BCUT2D eigenvalue weighted by Crippen LogP contribution is -2.66. The Balaban J connectivity index is 2.16. The molecule has 0 bridgehead atoms. The number of rotatable bonds is 3. The van der Waals surface area contributed by atoms with Gasteiger partial charge in [0.15, 0.2) is 5.78 Å². The molecule has 3 aliphatic carbocycles. The summed E-state index contributed by atoms with van der Waals surface area (Å²) >= 11 is 0. The van der Waals surface area contributed by atoms with E-state index in [1.165, 1.54) is 7.11 Å². The topological polar surface area (TPSA) is 77.5 Å². The van der Waals surface area contributed by atoms with Gasteiger partial charge in [-0.25, -0.2) is 0 Å². The Morgan fingerprint density at radius 3 is 2.62 bits per heavy atom.